The molecule has 0 amide bonds. The van der Waals surface area contributed by atoms with E-state index >= 15 is 0 Å². The van der Waals surface area contributed by atoms with Gasteiger partial charge in [0.05, 0.1) is 13.6 Å². The van der Waals surface area contributed by atoms with Gasteiger partial charge in [-0.2, -0.15) is 4.80 Å². The molecule has 102 valence electrons. The van der Waals surface area contributed by atoms with Crippen molar-refractivity contribution >= 4 is 0 Å². The summed E-state index contributed by atoms with van der Waals surface area (Å²) >= 11 is 0. The van der Waals surface area contributed by atoms with E-state index in [9.17, 15) is 0 Å². The Morgan fingerprint density at radius 1 is 1.11 bits per heavy atom. The summed E-state index contributed by atoms with van der Waals surface area (Å²) in [5, 5.41) is 12.1. The highest BCUT2D eigenvalue weighted by molar-refractivity contribution is 4.80. The lowest BCUT2D eigenvalue weighted by Gasteiger charge is -2.33. The highest BCUT2D eigenvalue weighted by Crippen LogP contribution is 2.05. The van der Waals surface area contributed by atoms with Crippen molar-refractivity contribution < 1.29 is 0 Å². The molecule has 18 heavy (non-hydrogen) atoms. The van der Waals surface area contributed by atoms with Crippen LogP contribution in [0.15, 0.2) is 0 Å². The average Bonchev–Trinajstić information content (AvgIpc) is 2.77. The molecule has 1 aliphatic heterocycles. The van der Waals surface area contributed by atoms with Crippen LogP contribution >= 0.6 is 0 Å². The van der Waals surface area contributed by atoms with Gasteiger partial charge in [-0.3, -0.25) is 4.90 Å². The summed E-state index contributed by atoms with van der Waals surface area (Å²) in [6, 6.07) is 0. The fraction of sp³-hybridized carbons (Fsp3) is 0.909. The van der Waals surface area contributed by atoms with E-state index in [1.165, 1.54) is 17.8 Å². The first-order valence-electron chi connectivity index (χ1n) is 6.65. The lowest BCUT2D eigenvalue weighted by molar-refractivity contribution is 0.123. The van der Waals surface area contributed by atoms with Crippen molar-refractivity contribution in [1.82, 2.24) is 30.0 Å². The summed E-state index contributed by atoms with van der Waals surface area (Å²) in [5.74, 6) is 0.814. The van der Waals surface area contributed by atoms with Crippen molar-refractivity contribution in [2.24, 2.45) is 12.8 Å². The maximum atomic E-state index is 5.51. The number of piperazine rings is 1. The van der Waals surface area contributed by atoms with Crippen LogP contribution in [-0.2, 0) is 13.6 Å². The van der Waals surface area contributed by atoms with Gasteiger partial charge in [0.25, 0.3) is 0 Å². The second-order valence-corrected chi connectivity index (χ2v) is 4.81. The molecule has 2 N–H and O–H groups in total. The van der Waals surface area contributed by atoms with Crippen LogP contribution in [0, 0.1) is 0 Å². The molecule has 0 atom stereocenters. The van der Waals surface area contributed by atoms with Gasteiger partial charge >= 0.3 is 0 Å². The van der Waals surface area contributed by atoms with Crippen LogP contribution in [0.4, 0.5) is 0 Å². The Morgan fingerprint density at radius 2 is 1.83 bits per heavy atom. The number of hydrogen-bond donors (Lipinski definition) is 1. The standard InChI is InChI=1S/C11H23N7/c1-16-14-11(13-15-16)10-18-8-6-17(7-9-18)5-3-2-4-12/h2-10,12H2,1H3. The number of unbranched alkanes of at least 4 members (excludes halogenated alkanes) is 1. The van der Waals surface area contributed by atoms with E-state index in [4.69, 9.17) is 5.73 Å². The summed E-state index contributed by atoms with van der Waals surface area (Å²) < 4.78 is 0. The Morgan fingerprint density at radius 3 is 2.44 bits per heavy atom. The van der Waals surface area contributed by atoms with Gasteiger partial charge in [0, 0.05) is 26.2 Å². The second-order valence-electron chi connectivity index (χ2n) is 4.81. The topological polar surface area (TPSA) is 76.1 Å². The number of hydrogen-bond acceptors (Lipinski definition) is 6. The highest BCUT2D eigenvalue weighted by Gasteiger charge is 2.17. The summed E-state index contributed by atoms with van der Waals surface area (Å²) in [5.41, 5.74) is 5.51. The van der Waals surface area contributed by atoms with E-state index in [0.717, 1.165) is 51.5 Å². The van der Waals surface area contributed by atoms with Crippen LogP contribution < -0.4 is 5.73 Å². The Kier molecular flexibility index (Phi) is 5.03. The Balaban J connectivity index is 1.67. The average molecular weight is 253 g/mol. The van der Waals surface area contributed by atoms with Gasteiger partial charge in [0.1, 0.15) is 0 Å². The SMILES string of the molecule is Cn1nnc(CN2CCN(CCCCN)CC2)n1. The molecule has 2 heterocycles. The summed E-state index contributed by atoms with van der Waals surface area (Å²) in [7, 11) is 1.80. The first-order chi connectivity index (χ1) is 8.78. The van der Waals surface area contributed by atoms with Gasteiger partial charge in [-0.1, -0.05) is 0 Å². The molecule has 1 aromatic rings. The summed E-state index contributed by atoms with van der Waals surface area (Å²) in [6.45, 7) is 7.22. The quantitative estimate of drug-likeness (QED) is 0.660. The van der Waals surface area contributed by atoms with Crippen LogP contribution in [0.1, 0.15) is 18.7 Å². The first kappa shape index (κ1) is 13.4. The minimum atomic E-state index is 0.804. The van der Waals surface area contributed by atoms with E-state index in [2.05, 4.69) is 25.2 Å². The predicted octanol–water partition coefficient (Wildman–Crippen LogP) is -0.933. The fourth-order valence-electron chi connectivity index (χ4n) is 2.24. The van der Waals surface area contributed by atoms with Crippen molar-refractivity contribution in [3.05, 3.63) is 5.82 Å². The largest absolute Gasteiger partial charge is 0.330 e. The minimum absolute atomic E-state index is 0.804. The monoisotopic (exact) mass is 253 g/mol. The number of tetrazole rings is 1. The summed E-state index contributed by atoms with van der Waals surface area (Å²) in [4.78, 5) is 6.41. The molecule has 0 unspecified atom stereocenters. The smallest absolute Gasteiger partial charge is 0.188 e. The molecule has 1 aromatic heterocycles. The van der Waals surface area contributed by atoms with Crippen LogP contribution in [0.2, 0.25) is 0 Å². The van der Waals surface area contributed by atoms with Gasteiger partial charge in [0.2, 0.25) is 0 Å². The normalized spacial score (nSPS) is 18.3. The lowest BCUT2D eigenvalue weighted by atomic mass is 10.2. The van der Waals surface area contributed by atoms with Crippen molar-refractivity contribution in [2.45, 2.75) is 19.4 Å². The number of rotatable bonds is 6. The molecular weight excluding hydrogens is 230 g/mol. The second kappa shape index (κ2) is 6.77. The first-order valence-corrected chi connectivity index (χ1v) is 6.65. The molecule has 0 aliphatic carbocycles. The molecule has 2 rings (SSSR count). The van der Waals surface area contributed by atoms with Gasteiger partial charge in [-0.25, -0.2) is 0 Å². The molecule has 0 aromatic carbocycles. The molecular formula is C11H23N7. The van der Waals surface area contributed by atoms with Crippen LogP contribution in [0.25, 0.3) is 0 Å². The highest BCUT2D eigenvalue weighted by atomic mass is 15.6. The lowest BCUT2D eigenvalue weighted by Crippen LogP contribution is -2.46. The predicted molar refractivity (Wildman–Crippen MR) is 68.8 cm³/mol. The molecule has 1 aliphatic rings. The number of nitrogens with two attached hydrogens (primary N) is 1. The van der Waals surface area contributed by atoms with E-state index in [0.29, 0.717) is 0 Å². The molecule has 0 spiro atoms. The van der Waals surface area contributed by atoms with E-state index in [1.807, 2.05) is 0 Å². The molecule has 0 saturated carbocycles. The molecule has 7 nitrogen and oxygen atoms in total. The minimum Gasteiger partial charge on any atom is -0.330 e. The van der Waals surface area contributed by atoms with Crippen LogP contribution in [0.3, 0.4) is 0 Å². The number of aromatic nitrogens is 4. The molecule has 1 saturated heterocycles. The number of nitrogens with zero attached hydrogens (tertiary/aromatic N) is 6. The van der Waals surface area contributed by atoms with Gasteiger partial charge in [-0.05, 0) is 31.1 Å². The third-order valence-electron chi connectivity index (χ3n) is 3.31. The number of aryl methyl sites for hydroxylation is 1. The fourth-order valence-corrected chi connectivity index (χ4v) is 2.24. The van der Waals surface area contributed by atoms with Crippen LogP contribution in [0.5, 0.6) is 0 Å². The van der Waals surface area contributed by atoms with E-state index < -0.39 is 0 Å². The third-order valence-corrected chi connectivity index (χ3v) is 3.31. The zero-order valence-corrected chi connectivity index (χ0v) is 11.1. The van der Waals surface area contributed by atoms with E-state index in [-0.39, 0.29) is 0 Å². The van der Waals surface area contributed by atoms with Crippen LogP contribution in [-0.4, -0.2) is 69.3 Å². The maximum absolute atomic E-state index is 5.51. The van der Waals surface area contributed by atoms with Crippen molar-refractivity contribution in [1.29, 1.82) is 0 Å². The summed E-state index contributed by atoms with van der Waals surface area (Å²) in [6.07, 6.45) is 2.34. The van der Waals surface area contributed by atoms with Crippen molar-refractivity contribution in [3.63, 3.8) is 0 Å². The maximum Gasteiger partial charge on any atom is 0.188 e. The Labute approximate surface area is 108 Å². The van der Waals surface area contributed by atoms with Gasteiger partial charge < -0.3 is 10.6 Å². The Hall–Kier alpha value is -1.05. The zero-order chi connectivity index (χ0) is 12.8. The third kappa shape index (κ3) is 4.01. The molecule has 0 radical (unpaired) electrons. The van der Waals surface area contributed by atoms with Crippen molar-refractivity contribution in [3.8, 4) is 0 Å². The van der Waals surface area contributed by atoms with Gasteiger partial charge in [0.15, 0.2) is 5.82 Å². The van der Waals surface area contributed by atoms with Gasteiger partial charge in [-0.15, -0.1) is 10.2 Å². The zero-order valence-electron chi connectivity index (χ0n) is 11.1. The molecule has 1 fully saturated rings. The molecule has 7 heteroatoms. The van der Waals surface area contributed by atoms with Crippen molar-refractivity contribution in [2.75, 3.05) is 39.3 Å². The van der Waals surface area contributed by atoms with E-state index in [1.54, 1.807) is 7.05 Å². The molecule has 0 bridgehead atoms. The Bertz CT molecular complexity index is 343.